The Morgan fingerprint density at radius 2 is 2.11 bits per heavy atom. The lowest BCUT2D eigenvalue weighted by Crippen LogP contribution is -2.46. The van der Waals surface area contributed by atoms with Crippen LogP contribution < -0.4 is 10.6 Å². The van der Waals surface area contributed by atoms with Gasteiger partial charge in [0.05, 0.1) is 6.54 Å². The molecule has 5 nitrogen and oxygen atoms in total. The predicted molar refractivity (Wildman–Crippen MR) is 76.2 cm³/mol. The number of benzene rings is 1. The van der Waals surface area contributed by atoms with Gasteiger partial charge in [-0.3, -0.25) is 9.69 Å². The molecule has 3 rings (SSSR count). The number of nitrogens with zero attached hydrogens (tertiary/aromatic N) is 1. The number of hydrogen-bond donors (Lipinski definition) is 3. The number of aromatic amines is 1. The fourth-order valence-electron chi connectivity index (χ4n) is 2.40. The largest absolute Gasteiger partial charge is 0.361 e. The molecule has 1 aromatic heterocycles. The highest BCUT2D eigenvalue weighted by atomic mass is 16.2. The maximum atomic E-state index is 12.0. The molecule has 1 aromatic carbocycles. The van der Waals surface area contributed by atoms with Gasteiger partial charge in [-0.2, -0.15) is 0 Å². The third-order valence-electron chi connectivity index (χ3n) is 3.41. The molecule has 0 bridgehead atoms. The number of H-pyrrole nitrogens is 1. The molecule has 19 heavy (non-hydrogen) atoms. The summed E-state index contributed by atoms with van der Waals surface area (Å²) in [6.07, 6.45) is 1.90. The normalized spacial score (nSPS) is 16.6. The van der Waals surface area contributed by atoms with Crippen molar-refractivity contribution in [2.75, 3.05) is 38.0 Å². The van der Waals surface area contributed by atoms with Gasteiger partial charge in [-0.05, 0) is 24.3 Å². The SMILES string of the molecule is O=C(CN1CCNCC1)Nc1ccc2[nH]ccc2c1. The lowest BCUT2D eigenvalue weighted by atomic mass is 10.2. The van der Waals surface area contributed by atoms with E-state index in [2.05, 4.69) is 20.5 Å². The highest BCUT2D eigenvalue weighted by Gasteiger charge is 2.13. The van der Waals surface area contributed by atoms with Crippen LogP contribution in [-0.2, 0) is 4.79 Å². The van der Waals surface area contributed by atoms with Crippen molar-refractivity contribution in [2.24, 2.45) is 0 Å². The van der Waals surface area contributed by atoms with Crippen LogP contribution in [0.1, 0.15) is 0 Å². The van der Waals surface area contributed by atoms with Gasteiger partial charge in [0.15, 0.2) is 0 Å². The van der Waals surface area contributed by atoms with E-state index in [4.69, 9.17) is 0 Å². The number of amides is 1. The maximum Gasteiger partial charge on any atom is 0.238 e. The van der Waals surface area contributed by atoms with Crippen molar-refractivity contribution in [3.63, 3.8) is 0 Å². The Kier molecular flexibility index (Phi) is 3.48. The summed E-state index contributed by atoms with van der Waals surface area (Å²) in [6.45, 7) is 4.26. The summed E-state index contributed by atoms with van der Waals surface area (Å²) in [7, 11) is 0. The van der Waals surface area contributed by atoms with Crippen LogP contribution in [-0.4, -0.2) is 48.5 Å². The number of rotatable bonds is 3. The number of fused-ring (bicyclic) bond motifs is 1. The second kappa shape index (κ2) is 5.42. The number of aromatic nitrogens is 1. The summed E-state index contributed by atoms with van der Waals surface area (Å²) in [5.41, 5.74) is 1.94. The minimum atomic E-state index is 0.0526. The topological polar surface area (TPSA) is 60.2 Å². The van der Waals surface area contributed by atoms with Crippen LogP contribution in [0.25, 0.3) is 10.9 Å². The van der Waals surface area contributed by atoms with E-state index >= 15 is 0 Å². The Balaban J connectivity index is 1.61. The van der Waals surface area contributed by atoms with Crippen LogP contribution in [0.4, 0.5) is 5.69 Å². The summed E-state index contributed by atoms with van der Waals surface area (Å²) in [4.78, 5) is 17.3. The zero-order valence-electron chi connectivity index (χ0n) is 10.8. The van der Waals surface area contributed by atoms with Crippen molar-refractivity contribution < 1.29 is 4.79 Å². The fourth-order valence-corrected chi connectivity index (χ4v) is 2.40. The first-order chi connectivity index (χ1) is 9.31. The molecule has 0 saturated carbocycles. The highest BCUT2D eigenvalue weighted by molar-refractivity contribution is 5.94. The second-order valence-electron chi connectivity index (χ2n) is 4.85. The number of anilines is 1. The molecule has 100 valence electrons. The van der Waals surface area contributed by atoms with Gasteiger partial charge < -0.3 is 15.6 Å². The third-order valence-corrected chi connectivity index (χ3v) is 3.41. The molecule has 1 saturated heterocycles. The molecule has 1 aliphatic rings. The molecule has 1 amide bonds. The molecule has 1 aliphatic heterocycles. The zero-order chi connectivity index (χ0) is 13.1. The molecule has 0 radical (unpaired) electrons. The van der Waals surface area contributed by atoms with Crippen LogP contribution >= 0.6 is 0 Å². The van der Waals surface area contributed by atoms with E-state index in [1.807, 2.05) is 30.5 Å². The first-order valence-corrected chi connectivity index (χ1v) is 6.61. The number of piperazine rings is 1. The number of nitrogens with one attached hydrogen (secondary N) is 3. The lowest BCUT2D eigenvalue weighted by molar-refractivity contribution is -0.117. The summed E-state index contributed by atoms with van der Waals surface area (Å²) in [6, 6.07) is 7.90. The molecular formula is C14H18N4O. The summed E-state index contributed by atoms with van der Waals surface area (Å²) >= 11 is 0. The van der Waals surface area contributed by atoms with Crippen molar-refractivity contribution in [1.82, 2.24) is 15.2 Å². The van der Waals surface area contributed by atoms with E-state index in [0.717, 1.165) is 42.8 Å². The Morgan fingerprint density at radius 1 is 1.26 bits per heavy atom. The molecule has 0 unspecified atom stereocenters. The fraction of sp³-hybridized carbons (Fsp3) is 0.357. The molecule has 5 heteroatoms. The Bertz CT molecular complexity index is 572. The van der Waals surface area contributed by atoms with Gasteiger partial charge in [-0.1, -0.05) is 0 Å². The average molecular weight is 258 g/mol. The molecule has 0 atom stereocenters. The van der Waals surface area contributed by atoms with E-state index in [1.54, 1.807) is 0 Å². The Morgan fingerprint density at radius 3 is 2.95 bits per heavy atom. The third kappa shape index (κ3) is 2.94. The molecule has 0 aliphatic carbocycles. The molecule has 3 N–H and O–H groups in total. The molecular weight excluding hydrogens is 240 g/mol. The standard InChI is InChI=1S/C14H18N4O/c19-14(10-18-7-5-15-6-8-18)17-12-1-2-13-11(9-12)3-4-16-13/h1-4,9,15-16H,5-8,10H2,(H,17,19). The summed E-state index contributed by atoms with van der Waals surface area (Å²) in [5, 5.41) is 7.35. The second-order valence-corrected chi connectivity index (χ2v) is 4.85. The predicted octanol–water partition coefficient (Wildman–Crippen LogP) is 1.01. The van der Waals surface area contributed by atoms with Crippen molar-refractivity contribution in [3.8, 4) is 0 Å². The van der Waals surface area contributed by atoms with Crippen LogP contribution in [0.2, 0.25) is 0 Å². The van der Waals surface area contributed by atoms with Crippen LogP contribution in [0.5, 0.6) is 0 Å². The zero-order valence-corrected chi connectivity index (χ0v) is 10.8. The molecule has 2 heterocycles. The lowest BCUT2D eigenvalue weighted by Gasteiger charge is -2.26. The number of hydrogen-bond acceptors (Lipinski definition) is 3. The summed E-state index contributed by atoms with van der Waals surface area (Å²) in [5.74, 6) is 0.0526. The van der Waals surface area contributed by atoms with Crippen molar-refractivity contribution >= 4 is 22.5 Å². The monoisotopic (exact) mass is 258 g/mol. The van der Waals surface area contributed by atoms with Crippen LogP contribution in [0, 0.1) is 0 Å². The minimum Gasteiger partial charge on any atom is -0.361 e. The van der Waals surface area contributed by atoms with Crippen LogP contribution in [0.15, 0.2) is 30.5 Å². The van der Waals surface area contributed by atoms with Gasteiger partial charge in [0, 0.05) is 49.0 Å². The van der Waals surface area contributed by atoms with Crippen molar-refractivity contribution in [1.29, 1.82) is 0 Å². The first kappa shape index (κ1) is 12.2. The molecule has 0 spiro atoms. The Hall–Kier alpha value is -1.85. The average Bonchev–Trinajstić information content (AvgIpc) is 2.87. The quantitative estimate of drug-likeness (QED) is 0.770. The summed E-state index contributed by atoms with van der Waals surface area (Å²) < 4.78 is 0. The molecule has 2 aromatic rings. The minimum absolute atomic E-state index is 0.0526. The Labute approximate surface area is 112 Å². The van der Waals surface area contributed by atoms with E-state index in [1.165, 1.54) is 0 Å². The van der Waals surface area contributed by atoms with Crippen LogP contribution in [0.3, 0.4) is 0 Å². The van der Waals surface area contributed by atoms with Gasteiger partial charge in [-0.25, -0.2) is 0 Å². The van der Waals surface area contributed by atoms with Gasteiger partial charge in [0.25, 0.3) is 0 Å². The van der Waals surface area contributed by atoms with Crippen molar-refractivity contribution in [3.05, 3.63) is 30.5 Å². The highest BCUT2D eigenvalue weighted by Crippen LogP contribution is 2.17. The van der Waals surface area contributed by atoms with Gasteiger partial charge in [0.1, 0.15) is 0 Å². The maximum absolute atomic E-state index is 12.0. The van der Waals surface area contributed by atoms with Gasteiger partial charge in [0.2, 0.25) is 5.91 Å². The first-order valence-electron chi connectivity index (χ1n) is 6.61. The van der Waals surface area contributed by atoms with Gasteiger partial charge >= 0.3 is 0 Å². The number of carbonyl (C=O) groups excluding carboxylic acids is 1. The smallest absolute Gasteiger partial charge is 0.238 e. The number of carbonyl (C=O) groups is 1. The van der Waals surface area contributed by atoms with E-state index in [0.29, 0.717) is 6.54 Å². The van der Waals surface area contributed by atoms with Crippen molar-refractivity contribution in [2.45, 2.75) is 0 Å². The van der Waals surface area contributed by atoms with E-state index in [-0.39, 0.29) is 5.91 Å². The molecule has 1 fully saturated rings. The van der Waals surface area contributed by atoms with E-state index < -0.39 is 0 Å². The van der Waals surface area contributed by atoms with E-state index in [9.17, 15) is 4.79 Å². The van der Waals surface area contributed by atoms with Gasteiger partial charge in [-0.15, -0.1) is 0 Å².